The molecule has 1 aromatic rings. The van der Waals surface area contributed by atoms with E-state index in [0.29, 0.717) is 13.0 Å². The average Bonchev–Trinajstić information content (AvgIpc) is 2.48. The highest BCUT2D eigenvalue weighted by Gasteiger charge is 2.22. The van der Waals surface area contributed by atoms with Gasteiger partial charge in [0.05, 0.1) is 26.2 Å². The molecule has 0 N–H and O–H groups in total. The van der Waals surface area contributed by atoms with E-state index in [2.05, 4.69) is 33.9 Å². The molecule has 1 aliphatic heterocycles. The van der Waals surface area contributed by atoms with Crippen LogP contribution in [0, 0.1) is 0 Å². The van der Waals surface area contributed by atoms with Gasteiger partial charge in [0.1, 0.15) is 0 Å². The highest BCUT2D eigenvalue weighted by molar-refractivity contribution is 5.69. The smallest absolute Gasteiger partial charge is 0.308 e. The van der Waals surface area contributed by atoms with Crippen molar-refractivity contribution in [1.82, 2.24) is 4.90 Å². The molecule has 1 atom stereocenters. The number of benzene rings is 1. The van der Waals surface area contributed by atoms with E-state index in [4.69, 9.17) is 4.74 Å². The minimum absolute atomic E-state index is 0.0543. The van der Waals surface area contributed by atoms with Gasteiger partial charge in [-0.3, -0.25) is 9.69 Å². The fraction of sp³-hybridized carbons (Fsp3) is 0.438. The molecular formula is C16H21NO3. The summed E-state index contributed by atoms with van der Waals surface area (Å²) < 4.78 is 10.3. The lowest BCUT2D eigenvalue weighted by atomic mass is 10.2. The minimum atomic E-state index is -0.211. The number of hydrogen-bond donors (Lipinski definition) is 0. The number of carbonyl (C=O) groups is 1. The lowest BCUT2D eigenvalue weighted by Gasteiger charge is -2.31. The molecule has 20 heavy (non-hydrogen) atoms. The van der Waals surface area contributed by atoms with E-state index in [-0.39, 0.29) is 12.1 Å². The zero-order valence-electron chi connectivity index (χ0n) is 11.8. The van der Waals surface area contributed by atoms with Crippen LogP contribution in [0.5, 0.6) is 0 Å². The Labute approximate surface area is 120 Å². The quantitative estimate of drug-likeness (QED) is 0.770. The number of ether oxygens (including phenoxy) is 2. The van der Waals surface area contributed by atoms with Gasteiger partial charge in [-0.05, 0) is 5.56 Å². The molecule has 0 aromatic heterocycles. The van der Waals surface area contributed by atoms with E-state index in [9.17, 15) is 4.79 Å². The molecule has 1 aromatic carbocycles. The molecule has 2 rings (SSSR count). The van der Waals surface area contributed by atoms with E-state index >= 15 is 0 Å². The van der Waals surface area contributed by atoms with Crippen molar-refractivity contribution in [3.63, 3.8) is 0 Å². The van der Waals surface area contributed by atoms with Crippen molar-refractivity contribution in [2.45, 2.75) is 12.5 Å². The van der Waals surface area contributed by atoms with Crippen LogP contribution in [0.15, 0.2) is 36.4 Å². The molecule has 4 nitrogen and oxygen atoms in total. The maximum Gasteiger partial charge on any atom is 0.308 e. The van der Waals surface area contributed by atoms with Gasteiger partial charge in [0, 0.05) is 19.6 Å². The largest absolute Gasteiger partial charge is 0.469 e. The predicted molar refractivity (Wildman–Crippen MR) is 78.3 cm³/mol. The molecular weight excluding hydrogens is 254 g/mol. The first-order chi connectivity index (χ1) is 9.78. The van der Waals surface area contributed by atoms with Gasteiger partial charge in [0.2, 0.25) is 0 Å². The average molecular weight is 275 g/mol. The van der Waals surface area contributed by atoms with E-state index in [1.54, 1.807) is 0 Å². The van der Waals surface area contributed by atoms with Gasteiger partial charge >= 0.3 is 5.97 Å². The van der Waals surface area contributed by atoms with Gasteiger partial charge < -0.3 is 9.47 Å². The highest BCUT2D eigenvalue weighted by atomic mass is 16.5. The van der Waals surface area contributed by atoms with Crippen LogP contribution in [0.4, 0.5) is 0 Å². The second-order valence-corrected chi connectivity index (χ2v) is 4.85. The van der Waals surface area contributed by atoms with E-state index < -0.39 is 0 Å². The number of carbonyl (C=O) groups excluding carboxylic acids is 1. The molecule has 1 heterocycles. The van der Waals surface area contributed by atoms with Gasteiger partial charge in [-0.1, -0.05) is 42.5 Å². The first-order valence-corrected chi connectivity index (χ1v) is 6.90. The van der Waals surface area contributed by atoms with Crippen molar-refractivity contribution in [2.24, 2.45) is 0 Å². The first kappa shape index (κ1) is 14.8. The summed E-state index contributed by atoms with van der Waals surface area (Å²) in [6.07, 6.45) is 4.54. The Balaban J connectivity index is 1.78. The van der Waals surface area contributed by atoms with Crippen LogP contribution in [0.2, 0.25) is 0 Å². The van der Waals surface area contributed by atoms with Crippen molar-refractivity contribution in [2.75, 3.05) is 33.4 Å². The van der Waals surface area contributed by atoms with Gasteiger partial charge in [-0.15, -0.1) is 0 Å². The van der Waals surface area contributed by atoms with Crippen LogP contribution in [-0.4, -0.2) is 50.3 Å². The summed E-state index contributed by atoms with van der Waals surface area (Å²) in [5.74, 6) is -0.211. The van der Waals surface area contributed by atoms with Crippen molar-refractivity contribution in [3.05, 3.63) is 42.0 Å². The maximum absolute atomic E-state index is 11.3. The summed E-state index contributed by atoms with van der Waals surface area (Å²) in [7, 11) is 1.41. The molecule has 0 saturated carbocycles. The number of morpholine rings is 1. The standard InChI is InChI=1S/C16H21NO3/c1-19-16(18)12-15-13-17(10-11-20-15)9-5-8-14-6-3-2-4-7-14/h2-8,15H,9-13H2,1H3/b8-5+. The fourth-order valence-electron chi connectivity index (χ4n) is 2.24. The lowest BCUT2D eigenvalue weighted by Crippen LogP contribution is -2.43. The summed E-state index contributed by atoms with van der Waals surface area (Å²) in [5, 5.41) is 0. The predicted octanol–water partition coefficient (Wildman–Crippen LogP) is 1.96. The monoisotopic (exact) mass is 275 g/mol. The van der Waals surface area contributed by atoms with Crippen molar-refractivity contribution >= 4 is 12.0 Å². The third-order valence-electron chi connectivity index (χ3n) is 3.32. The Morgan fingerprint density at radius 2 is 2.25 bits per heavy atom. The van der Waals surface area contributed by atoms with E-state index in [1.807, 2.05) is 18.2 Å². The molecule has 108 valence electrons. The number of hydrogen-bond acceptors (Lipinski definition) is 4. The third-order valence-corrected chi connectivity index (χ3v) is 3.32. The zero-order valence-corrected chi connectivity index (χ0v) is 11.8. The fourth-order valence-corrected chi connectivity index (χ4v) is 2.24. The lowest BCUT2D eigenvalue weighted by molar-refractivity contribution is -0.145. The summed E-state index contributed by atoms with van der Waals surface area (Å²) in [6.45, 7) is 3.21. The van der Waals surface area contributed by atoms with Crippen molar-refractivity contribution < 1.29 is 14.3 Å². The van der Waals surface area contributed by atoms with Crippen LogP contribution < -0.4 is 0 Å². The Morgan fingerprint density at radius 1 is 1.45 bits per heavy atom. The highest BCUT2D eigenvalue weighted by Crippen LogP contribution is 2.10. The van der Waals surface area contributed by atoms with Crippen molar-refractivity contribution in [1.29, 1.82) is 0 Å². The number of nitrogens with zero attached hydrogens (tertiary/aromatic N) is 1. The topological polar surface area (TPSA) is 38.8 Å². The van der Waals surface area contributed by atoms with Gasteiger partial charge in [0.15, 0.2) is 0 Å². The molecule has 1 unspecified atom stereocenters. The molecule has 1 fully saturated rings. The van der Waals surface area contributed by atoms with Crippen LogP contribution >= 0.6 is 0 Å². The molecule has 0 aliphatic carbocycles. The zero-order chi connectivity index (χ0) is 14.2. The summed E-state index contributed by atoms with van der Waals surface area (Å²) >= 11 is 0. The normalized spacial score (nSPS) is 20.1. The van der Waals surface area contributed by atoms with Crippen LogP contribution in [0.1, 0.15) is 12.0 Å². The van der Waals surface area contributed by atoms with Gasteiger partial charge in [0.25, 0.3) is 0 Å². The molecule has 0 bridgehead atoms. The molecule has 0 radical (unpaired) electrons. The van der Waals surface area contributed by atoms with E-state index in [0.717, 1.165) is 19.6 Å². The van der Waals surface area contributed by atoms with Crippen LogP contribution in [0.3, 0.4) is 0 Å². The number of methoxy groups -OCH3 is 1. The summed E-state index contributed by atoms with van der Waals surface area (Å²) in [6, 6.07) is 10.2. The first-order valence-electron chi connectivity index (χ1n) is 6.90. The Morgan fingerprint density at radius 3 is 3.00 bits per heavy atom. The van der Waals surface area contributed by atoms with Gasteiger partial charge in [-0.25, -0.2) is 0 Å². The Hall–Kier alpha value is -1.65. The maximum atomic E-state index is 11.3. The van der Waals surface area contributed by atoms with Crippen LogP contribution in [-0.2, 0) is 14.3 Å². The number of esters is 1. The Kier molecular flexibility index (Phi) is 5.77. The second-order valence-electron chi connectivity index (χ2n) is 4.85. The summed E-state index contributed by atoms with van der Waals surface area (Å²) in [4.78, 5) is 13.5. The molecule has 1 aliphatic rings. The molecule has 4 heteroatoms. The van der Waals surface area contributed by atoms with E-state index in [1.165, 1.54) is 12.7 Å². The van der Waals surface area contributed by atoms with Crippen molar-refractivity contribution in [3.8, 4) is 0 Å². The van der Waals surface area contributed by atoms with Gasteiger partial charge in [-0.2, -0.15) is 0 Å². The molecule has 1 saturated heterocycles. The molecule has 0 amide bonds. The SMILES string of the molecule is COC(=O)CC1CN(C/C=C/c2ccccc2)CCO1. The Bertz CT molecular complexity index is 444. The minimum Gasteiger partial charge on any atom is -0.469 e. The van der Waals surface area contributed by atoms with Crippen LogP contribution in [0.25, 0.3) is 6.08 Å². The molecule has 0 spiro atoms. The number of rotatable bonds is 5. The third kappa shape index (κ3) is 4.79. The second kappa shape index (κ2) is 7.82. The summed E-state index contributed by atoms with van der Waals surface area (Å²) in [5.41, 5.74) is 1.20.